The van der Waals surface area contributed by atoms with E-state index in [1.54, 1.807) is 11.9 Å². The number of carbonyl (C=O) groups excluding carboxylic acids is 2. The van der Waals surface area contributed by atoms with Crippen molar-refractivity contribution in [1.82, 2.24) is 4.90 Å². The van der Waals surface area contributed by atoms with Crippen LogP contribution in [-0.4, -0.2) is 49.9 Å². The van der Waals surface area contributed by atoms with Crippen LogP contribution in [0.15, 0.2) is 70.5 Å². The fourth-order valence-electron chi connectivity index (χ4n) is 4.81. The molecule has 0 saturated carbocycles. The van der Waals surface area contributed by atoms with Crippen LogP contribution in [0.5, 0.6) is 0 Å². The van der Waals surface area contributed by atoms with Gasteiger partial charge < -0.3 is 14.7 Å². The minimum absolute atomic E-state index is 0.0190. The first-order valence-electron chi connectivity index (χ1n) is 12.3. The maximum Gasteiger partial charge on any atom is 0.264 e. The van der Waals surface area contributed by atoms with Crippen molar-refractivity contribution in [1.29, 1.82) is 0 Å². The molecule has 1 fully saturated rings. The number of anilines is 2. The van der Waals surface area contributed by atoms with Crippen molar-refractivity contribution in [3.8, 4) is 0 Å². The van der Waals surface area contributed by atoms with Crippen molar-refractivity contribution in [3.63, 3.8) is 0 Å². The first-order valence-corrected chi connectivity index (χ1v) is 13.1. The molecular weight excluding hydrogens is 466 g/mol. The van der Waals surface area contributed by atoms with Crippen molar-refractivity contribution < 1.29 is 9.59 Å². The zero-order chi connectivity index (χ0) is 25.4. The molecule has 5 nitrogen and oxygen atoms in total. The molecule has 0 atom stereocenters. The van der Waals surface area contributed by atoms with Gasteiger partial charge in [-0.25, -0.2) is 0 Å². The Bertz CT molecular complexity index is 1370. The van der Waals surface area contributed by atoms with Crippen LogP contribution in [0.1, 0.15) is 32.6 Å². The lowest BCUT2D eigenvalue weighted by molar-refractivity contribution is -0.114. The van der Waals surface area contributed by atoms with Crippen molar-refractivity contribution in [2.45, 2.75) is 25.7 Å². The van der Waals surface area contributed by atoms with E-state index in [1.807, 2.05) is 60.4 Å². The normalized spacial score (nSPS) is 16.9. The summed E-state index contributed by atoms with van der Waals surface area (Å²) in [5, 5.41) is 0. The zero-order valence-electron chi connectivity index (χ0n) is 21.2. The lowest BCUT2D eigenvalue weighted by atomic mass is 10.1. The van der Waals surface area contributed by atoms with Gasteiger partial charge in [-0.1, -0.05) is 48.2 Å². The first-order chi connectivity index (χ1) is 17.3. The van der Waals surface area contributed by atoms with Crippen molar-refractivity contribution >= 4 is 41.0 Å². The second-order valence-corrected chi connectivity index (χ2v) is 10.7. The second-order valence-electron chi connectivity index (χ2n) is 9.58. The first kappa shape index (κ1) is 24.2. The average molecular weight is 498 g/mol. The number of nitrogens with zero attached hydrogens (tertiary/aromatic N) is 3. The summed E-state index contributed by atoms with van der Waals surface area (Å²) in [7, 11) is 1.78. The molecule has 0 aromatic heterocycles. The Morgan fingerprint density at radius 2 is 1.61 bits per heavy atom. The molecule has 0 aliphatic carbocycles. The van der Waals surface area contributed by atoms with Gasteiger partial charge in [0.1, 0.15) is 0 Å². The van der Waals surface area contributed by atoms with E-state index in [1.165, 1.54) is 28.6 Å². The highest BCUT2D eigenvalue weighted by Crippen LogP contribution is 2.42. The van der Waals surface area contributed by atoms with E-state index in [0.717, 1.165) is 34.8 Å². The Kier molecular flexibility index (Phi) is 6.63. The molecule has 0 spiro atoms. The van der Waals surface area contributed by atoms with E-state index < -0.39 is 0 Å². The predicted octanol–water partition coefficient (Wildman–Crippen LogP) is 5.68. The van der Waals surface area contributed by atoms with Gasteiger partial charge in [-0.2, -0.15) is 0 Å². The highest BCUT2D eigenvalue weighted by Gasteiger charge is 2.29. The minimum Gasteiger partial charge on any atom is -0.368 e. The Labute approximate surface area is 217 Å². The summed E-state index contributed by atoms with van der Waals surface area (Å²) >= 11 is 1.47. The van der Waals surface area contributed by atoms with Gasteiger partial charge in [0.2, 0.25) is 0 Å². The molecule has 0 N–H and O–H groups in total. The molecule has 3 aromatic carbocycles. The predicted molar refractivity (Wildman–Crippen MR) is 149 cm³/mol. The van der Waals surface area contributed by atoms with E-state index in [9.17, 15) is 9.59 Å². The SMILES string of the molecule is Cc1ccc(C)c(N2CCN(C(=O)c3ccc4c(c3)N(C)C(=O)C(=Cc3ccccc3C)S4)CC2)c1. The van der Waals surface area contributed by atoms with E-state index in [-0.39, 0.29) is 11.8 Å². The van der Waals surface area contributed by atoms with Crippen molar-refractivity contribution in [2.75, 3.05) is 43.0 Å². The smallest absolute Gasteiger partial charge is 0.264 e. The molecule has 2 amide bonds. The van der Waals surface area contributed by atoms with Crippen molar-refractivity contribution in [2.24, 2.45) is 0 Å². The van der Waals surface area contributed by atoms with E-state index in [0.29, 0.717) is 23.6 Å². The molecule has 6 heteroatoms. The van der Waals surface area contributed by atoms with Crippen LogP contribution in [-0.2, 0) is 4.79 Å². The number of rotatable bonds is 3. The number of piperazine rings is 1. The summed E-state index contributed by atoms with van der Waals surface area (Å²) in [6.07, 6.45) is 1.95. The summed E-state index contributed by atoms with van der Waals surface area (Å²) < 4.78 is 0. The molecule has 36 heavy (non-hydrogen) atoms. The topological polar surface area (TPSA) is 43.9 Å². The molecule has 0 unspecified atom stereocenters. The fraction of sp³-hybridized carbons (Fsp3) is 0.267. The van der Waals surface area contributed by atoms with Gasteiger partial charge in [-0.15, -0.1) is 0 Å². The number of likely N-dealkylation sites (N-methyl/N-ethyl adjacent to an activating group) is 1. The summed E-state index contributed by atoms with van der Waals surface area (Å²) in [5.41, 5.74) is 7.34. The Morgan fingerprint density at radius 3 is 2.36 bits per heavy atom. The third-order valence-electron chi connectivity index (χ3n) is 7.05. The highest BCUT2D eigenvalue weighted by atomic mass is 32.2. The van der Waals surface area contributed by atoms with Gasteiger partial charge in [0.05, 0.1) is 10.6 Å². The Balaban J connectivity index is 1.32. The molecule has 5 rings (SSSR count). The number of benzene rings is 3. The second kappa shape index (κ2) is 9.86. The fourth-order valence-corrected chi connectivity index (χ4v) is 5.89. The molecule has 1 saturated heterocycles. The standard InChI is InChI=1S/C30H31N3O2S/c1-20-9-10-22(3)25(17-20)32-13-15-33(16-14-32)29(34)24-11-12-27-26(18-24)31(4)30(35)28(36-27)19-23-8-6-5-7-21(23)2/h5-12,17-19H,13-16H2,1-4H3. The maximum absolute atomic E-state index is 13.4. The van der Waals surface area contributed by atoms with Crippen LogP contribution in [0.25, 0.3) is 6.08 Å². The molecule has 2 aliphatic heterocycles. The molecule has 2 heterocycles. The van der Waals surface area contributed by atoms with Gasteiger partial charge in [0.25, 0.3) is 11.8 Å². The highest BCUT2D eigenvalue weighted by molar-refractivity contribution is 8.04. The minimum atomic E-state index is -0.0532. The van der Waals surface area contributed by atoms with Gasteiger partial charge in [0, 0.05) is 49.4 Å². The maximum atomic E-state index is 13.4. The quantitative estimate of drug-likeness (QED) is 0.437. The van der Waals surface area contributed by atoms with Crippen LogP contribution in [0, 0.1) is 20.8 Å². The number of amides is 2. The number of thioether (sulfide) groups is 1. The summed E-state index contributed by atoms with van der Waals surface area (Å²) in [5.74, 6) is -0.0343. The zero-order valence-corrected chi connectivity index (χ0v) is 22.1. The molecule has 3 aromatic rings. The van der Waals surface area contributed by atoms with Gasteiger partial charge >= 0.3 is 0 Å². The van der Waals surface area contributed by atoms with Gasteiger partial charge in [-0.05, 0) is 73.4 Å². The number of aryl methyl sites for hydroxylation is 3. The van der Waals surface area contributed by atoms with Gasteiger partial charge in [-0.3, -0.25) is 9.59 Å². The monoisotopic (exact) mass is 497 g/mol. The molecule has 0 radical (unpaired) electrons. The van der Waals surface area contributed by atoms with Crippen LogP contribution in [0.2, 0.25) is 0 Å². The van der Waals surface area contributed by atoms with Gasteiger partial charge in [0.15, 0.2) is 0 Å². The third kappa shape index (κ3) is 4.65. The molecule has 0 bridgehead atoms. The largest absolute Gasteiger partial charge is 0.368 e. The van der Waals surface area contributed by atoms with Crippen LogP contribution in [0.4, 0.5) is 11.4 Å². The summed E-state index contributed by atoms with van der Waals surface area (Å²) in [4.78, 5) is 34.1. The summed E-state index contributed by atoms with van der Waals surface area (Å²) in [6.45, 7) is 9.26. The van der Waals surface area contributed by atoms with Crippen LogP contribution < -0.4 is 9.80 Å². The number of hydrogen-bond acceptors (Lipinski definition) is 4. The Hall–Kier alpha value is -3.51. The molecular formula is C30H31N3O2S. The summed E-state index contributed by atoms with van der Waals surface area (Å²) in [6, 6.07) is 20.3. The number of hydrogen-bond donors (Lipinski definition) is 0. The Morgan fingerprint density at radius 1 is 0.861 bits per heavy atom. The molecule has 2 aliphatic rings. The van der Waals surface area contributed by atoms with E-state index >= 15 is 0 Å². The van der Waals surface area contributed by atoms with Crippen molar-refractivity contribution in [3.05, 3.63) is 93.4 Å². The average Bonchev–Trinajstić information content (AvgIpc) is 2.89. The van der Waals surface area contributed by atoms with E-state index in [2.05, 4.69) is 36.9 Å². The van der Waals surface area contributed by atoms with E-state index in [4.69, 9.17) is 0 Å². The lowest BCUT2D eigenvalue weighted by Gasteiger charge is -2.37. The van der Waals surface area contributed by atoms with Crippen LogP contribution in [0.3, 0.4) is 0 Å². The molecule has 184 valence electrons. The third-order valence-corrected chi connectivity index (χ3v) is 8.13. The lowest BCUT2D eigenvalue weighted by Crippen LogP contribution is -2.49. The number of carbonyl (C=O) groups is 2. The number of fused-ring (bicyclic) bond motifs is 1. The van der Waals surface area contributed by atoms with Crippen LogP contribution >= 0.6 is 11.8 Å².